The van der Waals surface area contributed by atoms with Crippen molar-refractivity contribution in [3.05, 3.63) is 12.4 Å². The number of nitrogens with zero attached hydrogens (tertiary/aromatic N) is 3. The third-order valence-electron chi connectivity index (χ3n) is 2.88. The molecule has 1 unspecified atom stereocenters. The molecule has 0 aliphatic heterocycles. The molecule has 16 heavy (non-hydrogen) atoms. The lowest BCUT2D eigenvalue weighted by atomic mass is 9.87. The number of hydrogen-bond acceptors (Lipinski definition) is 4. The molecule has 0 spiro atoms. The van der Waals surface area contributed by atoms with E-state index in [1.807, 2.05) is 13.8 Å². The molecule has 0 bridgehead atoms. The third kappa shape index (κ3) is 3.03. The highest BCUT2D eigenvalue weighted by Gasteiger charge is 2.28. The molecule has 6 nitrogen and oxygen atoms in total. The molecule has 0 saturated heterocycles. The fourth-order valence-electron chi connectivity index (χ4n) is 1.25. The SMILES string of the molecule is CCC(C)(CN)C(=O)NCCn1ccnn1. The van der Waals surface area contributed by atoms with E-state index in [4.69, 9.17) is 5.73 Å². The van der Waals surface area contributed by atoms with E-state index in [2.05, 4.69) is 15.6 Å². The third-order valence-corrected chi connectivity index (χ3v) is 2.88. The summed E-state index contributed by atoms with van der Waals surface area (Å²) in [5.74, 6) is -0.00221. The molecule has 1 rings (SSSR count). The van der Waals surface area contributed by atoms with Crippen molar-refractivity contribution in [2.45, 2.75) is 26.8 Å². The van der Waals surface area contributed by atoms with Crippen LogP contribution in [-0.2, 0) is 11.3 Å². The summed E-state index contributed by atoms with van der Waals surface area (Å²) in [6.07, 6.45) is 4.10. The van der Waals surface area contributed by atoms with Crippen molar-refractivity contribution in [3.63, 3.8) is 0 Å². The summed E-state index contributed by atoms with van der Waals surface area (Å²) in [7, 11) is 0. The van der Waals surface area contributed by atoms with Gasteiger partial charge in [-0.25, -0.2) is 0 Å². The Labute approximate surface area is 95.2 Å². The lowest BCUT2D eigenvalue weighted by Gasteiger charge is -2.24. The van der Waals surface area contributed by atoms with E-state index in [0.717, 1.165) is 6.42 Å². The van der Waals surface area contributed by atoms with Crippen LogP contribution >= 0.6 is 0 Å². The van der Waals surface area contributed by atoms with Crippen LogP contribution in [-0.4, -0.2) is 34.0 Å². The second kappa shape index (κ2) is 5.60. The standard InChI is InChI=1S/C10H19N5O/c1-3-10(2,8-11)9(16)12-4-6-15-7-5-13-14-15/h5,7H,3-4,6,8,11H2,1-2H3,(H,12,16). The molecule has 0 saturated carbocycles. The van der Waals surface area contributed by atoms with Gasteiger partial charge in [0.1, 0.15) is 0 Å². The zero-order valence-corrected chi connectivity index (χ0v) is 9.81. The number of nitrogens with one attached hydrogen (secondary N) is 1. The van der Waals surface area contributed by atoms with Crippen molar-refractivity contribution < 1.29 is 4.79 Å². The Balaban J connectivity index is 2.35. The van der Waals surface area contributed by atoms with Crippen LogP contribution < -0.4 is 11.1 Å². The molecule has 0 fully saturated rings. The molecule has 1 aromatic rings. The van der Waals surface area contributed by atoms with Crippen LogP contribution in [0.3, 0.4) is 0 Å². The van der Waals surface area contributed by atoms with E-state index in [1.165, 1.54) is 0 Å². The molecule has 1 heterocycles. The van der Waals surface area contributed by atoms with E-state index < -0.39 is 5.41 Å². The average Bonchev–Trinajstić information content (AvgIpc) is 2.80. The topological polar surface area (TPSA) is 85.8 Å². The lowest BCUT2D eigenvalue weighted by molar-refractivity contribution is -0.129. The fourth-order valence-corrected chi connectivity index (χ4v) is 1.25. The maximum absolute atomic E-state index is 11.8. The maximum atomic E-state index is 11.8. The minimum Gasteiger partial charge on any atom is -0.354 e. The largest absolute Gasteiger partial charge is 0.354 e. The Hall–Kier alpha value is -1.43. The van der Waals surface area contributed by atoms with Crippen LogP contribution in [0.4, 0.5) is 0 Å². The number of rotatable bonds is 6. The molecule has 90 valence electrons. The number of hydrogen-bond donors (Lipinski definition) is 2. The first-order valence-electron chi connectivity index (χ1n) is 5.45. The Morgan fingerprint density at radius 3 is 2.88 bits per heavy atom. The average molecular weight is 225 g/mol. The van der Waals surface area contributed by atoms with Crippen molar-refractivity contribution in [1.29, 1.82) is 0 Å². The zero-order valence-electron chi connectivity index (χ0n) is 9.81. The van der Waals surface area contributed by atoms with Gasteiger partial charge in [0.15, 0.2) is 0 Å². The second-order valence-corrected chi connectivity index (χ2v) is 4.04. The molecule has 1 aromatic heterocycles. The summed E-state index contributed by atoms with van der Waals surface area (Å²) in [4.78, 5) is 11.8. The number of amides is 1. The van der Waals surface area contributed by atoms with Gasteiger partial charge < -0.3 is 11.1 Å². The molecule has 0 aromatic carbocycles. The van der Waals surface area contributed by atoms with Crippen LogP contribution in [0.15, 0.2) is 12.4 Å². The molecule has 1 atom stereocenters. The molecule has 0 aliphatic carbocycles. The van der Waals surface area contributed by atoms with Crippen LogP contribution in [0.2, 0.25) is 0 Å². The zero-order chi connectivity index (χ0) is 12.0. The summed E-state index contributed by atoms with van der Waals surface area (Å²) >= 11 is 0. The van der Waals surface area contributed by atoms with E-state index >= 15 is 0 Å². The van der Waals surface area contributed by atoms with Crippen molar-refractivity contribution in [1.82, 2.24) is 20.3 Å². The normalized spacial score (nSPS) is 14.4. The number of nitrogens with two attached hydrogens (primary N) is 1. The van der Waals surface area contributed by atoms with Gasteiger partial charge in [-0.1, -0.05) is 12.1 Å². The van der Waals surface area contributed by atoms with Crippen LogP contribution in [0, 0.1) is 5.41 Å². The fraction of sp³-hybridized carbons (Fsp3) is 0.700. The minimum atomic E-state index is -0.470. The number of aromatic nitrogens is 3. The number of carbonyl (C=O) groups excluding carboxylic acids is 1. The summed E-state index contributed by atoms with van der Waals surface area (Å²) in [5, 5.41) is 10.3. The minimum absolute atomic E-state index is 0.00221. The summed E-state index contributed by atoms with van der Waals surface area (Å²) in [6, 6.07) is 0. The summed E-state index contributed by atoms with van der Waals surface area (Å²) in [5.41, 5.74) is 5.13. The monoisotopic (exact) mass is 225 g/mol. The number of carbonyl (C=O) groups is 1. The van der Waals surface area contributed by atoms with E-state index in [-0.39, 0.29) is 5.91 Å². The van der Waals surface area contributed by atoms with Gasteiger partial charge in [-0.15, -0.1) is 5.10 Å². The van der Waals surface area contributed by atoms with Gasteiger partial charge in [-0.3, -0.25) is 9.48 Å². The first-order valence-corrected chi connectivity index (χ1v) is 5.45. The van der Waals surface area contributed by atoms with Crippen molar-refractivity contribution >= 4 is 5.91 Å². The van der Waals surface area contributed by atoms with Crippen LogP contribution in [0.5, 0.6) is 0 Å². The Morgan fingerprint density at radius 2 is 2.38 bits per heavy atom. The highest BCUT2D eigenvalue weighted by atomic mass is 16.2. The lowest BCUT2D eigenvalue weighted by Crippen LogP contribution is -2.44. The van der Waals surface area contributed by atoms with Crippen molar-refractivity contribution in [2.24, 2.45) is 11.1 Å². The Morgan fingerprint density at radius 1 is 1.62 bits per heavy atom. The van der Waals surface area contributed by atoms with Gasteiger partial charge in [0.25, 0.3) is 0 Å². The van der Waals surface area contributed by atoms with E-state index in [9.17, 15) is 4.79 Å². The molecule has 0 radical (unpaired) electrons. The maximum Gasteiger partial charge on any atom is 0.227 e. The van der Waals surface area contributed by atoms with E-state index in [0.29, 0.717) is 19.6 Å². The predicted molar refractivity (Wildman–Crippen MR) is 60.5 cm³/mol. The first-order chi connectivity index (χ1) is 7.62. The van der Waals surface area contributed by atoms with Gasteiger partial charge in [-0.05, 0) is 13.3 Å². The highest BCUT2D eigenvalue weighted by Crippen LogP contribution is 2.18. The first kappa shape index (κ1) is 12.6. The Bertz CT molecular complexity index is 318. The van der Waals surface area contributed by atoms with Crippen molar-refractivity contribution in [2.75, 3.05) is 13.1 Å². The van der Waals surface area contributed by atoms with Gasteiger partial charge in [0.2, 0.25) is 5.91 Å². The van der Waals surface area contributed by atoms with Gasteiger partial charge in [0, 0.05) is 19.3 Å². The molecule has 6 heteroatoms. The van der Waals surface area contributed by atoms with Crippen LogP contribution in [0.25, 0.3) is 0 Å². The van der Waals surface area contributed by atoms with Gasteiger partial charge >= 0.3 is 0 Å². The van der Waals surface area contributed by atoms with Gasteiger partial charge in [-0.2, -0.15) is 0 Å². The smallest absolute Gasteiger partial charge is 0.227 e. The quantitative estimate of drug-likeness (QED) is 0.700. The van der Waals surface area contributed by atoms with Gasteiger partial charge in [0.05, 0.1) is 18.2 Å². The second-order valence-electron chi connectivity index (χ2n) is 4.04. The summed E-state index contributed by atoms with van der Waals surface area (Å²) < 4.78 is 1.67. The molecular weight excluding hydrogens is 206 g/mol. The molecule has 1 amide bonds. The predicted octanol–water partition coefficient (Wildman–Crippen LogP) is -0.231. The Kier molecular flexibility index (Phi) is 4.42. The molecule has 0 aliphatic rings. The van der Waals surface area contributed by atoms with E-state index in [1.54, 1.807) is 17.1 Å². The highest BCUT2D eigenvalue weighted by molar-refractivity contribution is 5.82. The molecule has 3 N–H and O–H groups in total. The van der Waals surface area contributed by atoms with Crippen molar-refractivity contribution in [3.8, 4) is 0 Å². The molecular formula is C10H19N5O. The summed E-state index contributed by atoms with van der Waals surface area (Å²) in [6.45, 7) is 5.36. The van der Waals surface area contributed by atoms with Crippen LogP contribution in [0.1, 0.15) is 20.3 Å².